The molecule has 0 spiro atoms. The van der Waals surface area contributed by atoms with Gasteiger partial charge in [0.15, 0.2) is 0 Å². The topological polar surface area (TPSA) is 33.0 Å². The molecule has 0 aliphatic rings. The van der Waals surface area contributed by atoms with Gasteiger partial charge in [-0.25, -0.2) is 0 Å². The summed E-state index contributed by atoms with van der Waals surface area (Å²) in [6.45, 7) is 3.96. The summed E-state index contributed by atoms with van der Waals surface area (Å²) in [6.07, 6.45) is 0. The molecule has 1 radical (unpaired) electrons. The molecule has 0 amide bonds. The van der Waals surface area contributed by atoms with Gasteiger partial charge in [-0.05, 0) is 11.6 Å². The van der Waals surface area contributed by atoms with Crippen molar-refractivity contribution < 1.29 is 4.74 Å². The van der Waals surface area contributed by atoms with Crippen molar-refractivity contribution in [1.29, 1.82) is 5.26 Å². The van der Waals surface area contributed by atoms with E-state index < -0.39 is 0 Å². The maximum atomic E-state index is 8.94. The van der Waals surface area contributed by atoms with Crippen LogP contribution in [0.15, 0.2) is 18.2 Å². The molecule has 1 aromatic carbocycles. The molecule has 2 nitrogen and oxygen atoms in total. The lowest BCUT2D eigenvalue weighted by Gasteiger charge is -2.09. The molecule has 0 heterocycles. The minimum Gasteiger partial charge on any atom is -0.495 e. The zero-order chi connectivity index (χ0) is 9.84. The molecule has 0 N–H and O–H groups in total. The molecule has 0 unspecified atom stereocenters. The molecule has 0 atom stereocenters. The van der Waals surface area contributed by atoms with Gasteiger partial charge in [-0.2, -0.15) is 5.26 Å². The maximum absolute atomic E-state index is 8.94. The van der Waals surface area contributed by atoms with Crippen molar-refractivity contribution in [2.75, 3.05) is 7.11 Å². The fraction of sp³-hybridized carbons (Fsp3) is 0.273. The number of methoxy groups -OCH3 is 1. The predicted molar refractivity (Wildman–Crippen MR) is 51.4 cm³/mol. The van der Waals surface area contributed by atoms with Gasteiger partial charge < -0.3 is 4.74 Å². The van der Waals surface area contributed by atoms with E-state index >= 15 is 0 Å². The van der Waals surface area contributed by atoms with Crippen molar-refractivity contribution in [3.8, 4) is 11.8 Å². The largest absolute Gasteiger partial charge is 0.495 e. The summed E-state index contributed by atoms with van der Waals surface area (Å²) < 4.78 is 5.09. The fourth-order valence-corrected chi connectivity index (χ4v) is 1.23. The average molecular weight is 174 g/mol. The van der Waals surface area contributed by atoms with E-state index in [-0.39, 0.29) is 0 Å². The fourth-order valence-electron chi connectivity index (χ4n) is 1.23. The van der Waals surface area contributed by atoms with E-state index in [1.807, 2.05) is 26.0 Å². The molecule has 1 rings (SSSR count). The third kappa shape index (κ3) is 1.81. The van der Waals surface area contributed by atoms with Gasteiger partial charge >= 0.3 is 0 Å². The van der Waals surface area contributed by atoms with E-state index in [9.17, 15) is 0 Å². The molecule has 0 aromatic heterocycles. The molecule has 13 heavy (non-hydrogen) atoms. The van der Waals surface area contributed by atoms with Crippen LogP contribution < -0.4 is 4.74 Å². The van der Waals surface area contributed by atoms with Gasteiger partial charge in [-0.15, -0.1) is 0 Å². The summed E-state index contributed by atoms with van der Waals surface area (Å²) in [5.74, 6) is 1.76. The molecule has 0 aliphatic carbocycles. The minimum absolute atomic E-state index is 0.616. The Morgan fingerprint density at radius 3 is 2.54 bits per heavy atom. The number of benzene rings is 1. The zero-order valence-electron chi connectivity index (χ0n) is 8.09. The highest BCUT2D eigenvalue weighted by Crippen LogP contribution is 2.25. The van der Waals surface area contributed by atoms with Crippen LogP contribution in [0.1, 0.15) is 25.0 Å². The quantitative estimate of drug-likeness (QED) is 0.690. The second kappa shape index (κ2) is 3.95. The van der Waals surface area contributed by atoms with Crippen LogP contribution in [0.25, 0.3) is 0 Å². The minimum atomic E-state index is 0.616. The van der Waals surface area contributed by atoms with E-state index in [0.29, 0.717) is 11.3 Å². The Bertz CT molecular complexity index is 336. The molecular weight excluding hydrogens is 162 g/mol. The van der Waals surface area contributed by atoms with Gasteiger partial charge in [0.25, 0.3) is 0 Å². The van der Waals surface area contributed by atoms with Crippen LogP contribution in [0.4, 0.5) is 0 Å². The number of ether oxygens (including phenoxy) is 1. The normalized spacial score (nSPS) is 9.77. The molecule has 0 bridgehead atoms. The Morgan fingerprint density at radius 1 is 1.38 bits per heavy atom. The summed E-state index contributed by atoms with van der Waals surface area (Å²) in [6, 6.07) is 7.77. The van der Waals surface area contributed by atoms with Crippen molar-refractivity contribution in [2.24, 2.45) is 0 Å². The number of nitriles is 1. The Balaban J connectivity index is 3.29. The van der Waals surface area contributed by atoms with E-state index in [1.54, 1.807) is 13.2 Å². The summed E-state index contributed by atoms with van der Waals surface area (Å²) in [5, 5.41) is 8.94. The SMILES string of the molecule is COc1cccc([C](C)C)c1C#N. The Labute approximate surface area is 78.8 Å². The molecule has 67 valence electrons. The first kappa shape index (κ1) is 9.60. The lowest BCUT2D eigenvalue weighted by Crippen LogP contribution is -1.96. The van der Waals surface area contributed by atoms with Crippen LogP contribution in [0.2, 0.25) is 0 Å². The van der Waals surface area contributed by atoms with Gasteiger partial charge in [0.1, 0.15) is 11.8 Å². The lowest BCUT2D eigenvalue weighted by atomic mass is 9.97. The molecule has 2 heteroatoms. The summed E-state index contributed by atoms with van der Waals surface area (Å²) in [5.41, 5.74) is 1.58. The number of nitrogens with zero attached hydrogens (tertiary/aromatic N) is 1. The number of rotatable bonds is 2. The van der Waals surface area contributed by atoms with Crippen LogP contribution in [-0.4, -0.2) is 7.11 Å². The van der Waals surface area contributed by atoms with Crippen LogP contribution in [-0.2, 0) is 0 Å². The van der Waals surface area contributed by atoms with Gasteiger partial charge in [-0.3, -0.25) is 0 Å². The third-order valence-electron chi connectivity index (χ3n) is 1.90. The highest BCUT2D eigenvalue weighted by Gasteiger charge is 2.10. The lowest BCUT2D eigenvalue weighted by molar-refractivity contribution is 0.413. The molecular formula is C11H12NO. The van der Waals surface area contributed by atoms with Crippen LogP contribution >= 0.6 is 0 Å². The third-order valence-corrected chi connectivity index (χ3v) is 1.90. The maximum Gasteiger partial charge on any atom is 0.136 e. The summed E-state index contributed by atoms with van der Waals surface area (Å²) in [4.78, 5) is 0. The van der Waals surface area contributed by atoms with Gasteiger partial charge in [-0.1, -0.05) is 26.0 Å². The van der Waals surface area contributed by atoms with Crippen LogP contribution in [0.3, 0.4) is 0 Å². The molecule has 0 saturated heterocycles. The molecule has 0 fully saturated rings. The predicted octanol–water partition coefficient (Wildman–Crippen LogP) is 2.53. The highest BCUT2D eigenvalue weighted by molar-refractivity contribution is 5.53. The van der Waals surface area contributed by atoms with E-state index in [0.717, 1.165) is 11.5 Å². The molecule has 0 aliphatic heterocycles. The standard InChI is InChI=1S/C11H12NO/c1-8(2)9-5-4-6-11(13-3)10(9)7-12/h4-6H,1-3H3. The summed E-state index contributed by atoms with van der Waals surface area (Å²) in [7, 11) is 1.57. The Hall–Kier alpha value is -1.49. The highest BCUT2D eigenvalue weighted by atomic mass is 16.5. The van der Waals surface area contributed by atoms with E-state index in [1.165, 1.54) is 0 Å². The van der Waals surface area contributed by atoms with E-state index in [4.69, 9.17) is 10.00 Å². The Morgan fingerprint density at radius 2 is 2.08 bits per heavy atom. The zero-order valence-corrected chi connectivity index (χ0v) is 8.09. The monoisotopic (exact) mass is 174 g/mol. The second-order valence-corrected chi connectivity index (χ2v) is 2.99. The van der Waals surface area contributed by atoms with Gasteiger partial charge in [0.05, 0.1) is 12.7 Å². The van der Waals surface area contributed by atoms with Crippen molar-refractivity contribution in [3.63, 3.8) is 0 Å². The second-order valence-electron chi connectivity index (χ2n) is 2.99. The van der Waals surface area contributed by atoms with Crippen LogP contribution in [0.5, 0.6) is 5.75 Å². The first-order valence-corrected chi connectivity index (χ1v) is 4.08. The number of hydrogen-bond donors (Lipinski definition) is 0. The average Bonchev–Trinajstić information content (AvgIpc) is 2.16. The van der Waals surface area contributed by atoms with Crippen molar-refractivity contribution in [3.05, 3.63) is 35.2 Å². The first-order chi connectivity index (χ1) is 6.20. The summed E-state index contributed by atoms with van der Waals surface area (Å²) >= 11 is 0. The Kier molecular flexibility index (Phi) is 2.92. The number of hydrogen-bond acceptors (Lipinski definition) is 2. The first-order valence-electron chi connectivity index (χ1n) is 4.08. The van der Waals surface area contributed by atoms with Crippen molar-refractivity contribution in [2.45, 2.75) is 13.8 Å². The smallest absolute Gasteiger partial charge is 0.136 e. The van der Waals surface area contributed by atoms with Crippen LogP contribution in [0, 0.1) is 17.2 Å². The van der Waals surface area contributed by atoms with Gasteiger partial charge in [0, 0.05) is 5.92 Å². The molecule has 1 aromatic rings. The van der Waals surface area contributed by atoms with E-state index in [2.05, 4.69) is 6.07 Å². The molecule has 0 saturated carbocycles. The van der Waals surface area contributed by atoms with Crippen molar-refractivity contribution in [1.82, 2.24) is 0 Å². The van der Waals surface area contributed by atoms with Gasteiger partial charge in [0.2, 0.25) is 0 Å². The van der Waals surface area contributed by atoms with Crippen molar-refractivity contribution >= 4 is 0 Å².